The van der Waals surface area contributed by atoms with E-state index in [-0.39, 0.29) is 13.0 Å². The van der Waals surface area contributed by atoms with E-state index in [0.717, 1.165) is 38.5 Å². The van der Waals surface area contributed by atoms with E-state index in [1.807, 2.05) is 0 Å². The van der Waals surface area contributed by atoms with Gasteiger partial charge in [-0.25, -0.2) is 0 Å². The first-order chi connectivity index (χ1) is 17.9. The molecular formula is C34H38NiP. The monoisotopic (exact) mass is 535 g/mol. The zero-order valence-electron chi connectivity index (χ0n) is 21.1. The summed E-state index contributed by atoms with van der Waals surface area (Å²) in [4.78, 5) is 0. The summed E-state index contributed by atoms with van der Waals surface area (Å²) >= 11 is -0.196. The average Bonchev–Trinajstić information content (AvgIpc) is 2.90. The first kappa shape index (κ1) is 25.2. The minimum atomic E-state index is -2.45. The summed E-state index contributed by atoms with van der Waals surface area (Å²) in [6, 6.07) is 32.3. The van der Waals surface area contributed by atoms with E-state index in [2.05, 4.69) is 127 Å². The second-order valence-corrected chi connectivity index (χ2v) is 17.8. The van der Waals surface area contributed by atoms with Crippen LogP contribution < -0.4 is 15.9 Å². The van der Waals surface area contributed by atoms with Gasteiger partial charge in [0.15, 0.2) is 0 Å². The van der Waals surface area contributed by atoms with Crippen LogP contribution in [0, 0.1) is 0 Å². The maximum absolute atomic E-state index is 2.64. The summed E-state index contributed by atoms with van der Waals surface area (Å²) in [5, 5.41) is 4.61. The van der Waals surface area contributed by atoms with Crippen molar-refractivity contribution in [1.82, 2.24) is 0 Å². The van der Waals surface area contributed by atoms with E-state index in [0.29, 0.717) is 0 Å². The van der Waals surface area contributed by atoms with Crippen LogP contribution in [0.1, 0.15) is 51.4 Å². The molecule has 3 aromatic rings. The molecule has 0 radical (unpaired) electrons. The molecule has 2 aliphatic rings. The zero-order chi connectivity index (χ0) is 24.5. The molecule has 0 aliphatic heterocycles. The second kappa shape index (κ2) is 12.7. The summed E-state index contributed by atoms with van der Waals surface area (Å²) < 4.78 is 3.41. The molecule has 0 saturated carbocycles. The van der Waals surface area contributed by atoms with Crippen molar-refractivity contribution in [3.8, 4) is 0 Å². The Balaban J connectivity index is 1.84. The number of benzene rings is 3. The summed E-state index contributed by atoms with van der Waals surface area (Å²) in [6.45, 7) is 0. The molecular weight excluding hydrogens is 498 g/mol. The topological polar surface area (TPSA) is 0 Å². The fraction of sp³-hybridized carbons (Fsp3) is 0.235. The van der Waals surface area contributed by atoms with Gasteiger partial charge in [0, 0.05) is 0 Å². The molecule has 0 amide bonds. The van der Waals surface area contributed by atoms with Crippen LogP contribution >= 0.6 is 6.04 Å². The van der Waals surface area contributed by atoms with Crippen LogP contribution in [-0.4, -0.2) is 0 Å². The molecule has 2 aliphatic carbocycles. The van der Waals surface area contributed by atoms with Crippen LogP contribution in [0.4, 0.5) is 0 Å². The van der Waals surface area contributed by atoms with Gasteiger partial charge in [-0.2, -0.15) is 0 Å². The van der Waals surface area contributed by atoms with Crippen molar-refractivity contribution in [2.45, 2.75) is 51.4 Å². The quantitative estimate of drug-likeness (QED) is 0.169. The Kier molecular flexibility index (Phi) is 8.87. The molecule has 5 rings (SSSR count). The standard InChI is InChI=1S/C18H15P.2C8H11.Ni/c1-4-10-16(11-5-1)19(17-12-6-2-7-13-17)18-14-8-3-9-15-18;2*1-2-4-6-8-7-5-3-1;/h1-15H;2*1-2,7H,3-6H2;/q;;;-1/p+1. The van der Waals surface area contributed by atoms with Gasteiger partial charge in [0.25, 0.3) is 0 Å². The van der Waals surface area contributed by atoms with Gasteiger partial charge in [0.2, 0.25) is 0 Å². The van der Waals surface area contributed by atoms with E-state index in [4.69, 9.17) is 0 Å². The number of allylic oxidation sites excluding steroid dienone is 8. The number of hydrogen-bond donors (Lipinski definition) is 0. The van der Waals surface area contributed by atoms with Crippen molar-refractivity contribution in [3.05, 3.63) is 137 Å². The first-order valence-corrected chi connectivity index (χ1v) is 17.6. The van der Waals surface area contributed by atoms with Crippen LogP contribution in [-0.2, 0) is 13.0 Å². The maximum atomic E-state index is 2.64. The Morgan fingerprint density at radius 2 is 0.778 bits per heavy atom. The summed E-state index contributed by atoms with van der Waals surface area (Å²) in [5.74, 6) is 0. The Bertz CT molecular complexity index is 1090. The first-order valence-electron chi connectivity index (χ1n) is 13.4. The van der Waals surface area contributed by atoms with Crippen LogP contribution in [0.3, 0.4) is 0 Å². The van der Waals surface area contributed by atoms with Gasteiger partial charge >= 0.3 is 223 Å². The summed E-state index contributed by atoms with van der Waals surface area (Å²) in [5.41, 5.74) is 0. The van der Waals surface area contributed by atoms with E-state index < -0.39 is 6.04 Å². The Labute approximate surface area is 222 Å². The van der Waals surface area contributed by atoms with E-state index in [1.54, 1.807) is 9.09 Å². The third kappa shape index (κ3) is 5.44. The second-order valence-electron chi connectivity index (χ2n) is 9.34. The normalized spacial score (nSPS) is 17.6. The van der Waals surface area contributed by atoms with Gasteiger partial charge < -0.3 is 0 Å². The molecule has 0 aromatic heterocycles. The van der Waals surface area contributed by atoms with Gasteiger partial charge in [-0.15, -0.1) is 0 Å². The molecule has 0 heterocycles. The molecule has 0 atom stereocenters. The molecule has 0 unspecified atom stereocenters. The Morgan fingerprint density at radius 1 is 0.417 bits per heavy atom. The minimum absolute atomic E-state index is 0.196. The molecule has 0 nitrogen and oxygen atoms in total. The molecule has 36 heavy (non-hydrogen) atoms. The van der Waals surface area contributed by atoms with E-state index >= 15 is 0 Å². The summed E-state index contributed by atoms with van der Waals surface area (Å²) in [6.07, 6.45) is 24.1. The molecule has 0 N–H and O–H groups in total. The van der Waals surface area contributed by atoms with Gasteiger partial charge in [0.05, 0.1) is 0 Å². The van der Waals surface area contributed by atoms with Crippen molar-refractivity contribution in [3.63, 3.8) is 0 Å². The van der Waals surface area contributed by atoms with Gasteiger partial charge in [0.1, 0.15) is 0 Å². The average molecular weight is 536 g/mol. The van der Waals surface area contributed by atoms with Gasteiger partial charge in [-0.3, -0.25) is 0 Å². The molecule has 0 spiro atoms. The van der Waals surface area contributed by atoms with E-state index in [9.17, 15) is 0 Å². The van der Waals surface area contributed by atoms with Gasteiger partial charge in [-0.05, 0) is 0 Å². The number of hydrogen-bond acceptors (Lipinski definition) is 0. The van der Waals surface area contributed by atoms with Crippen LogP contribution in [0.25, 0.3) is 0 Å². The SMILES string of the molecule is C1=CCC[C]([Ni]([C]2=CCCC=CCC2)[PH](c2ccccc2)(c2ccccc2)c2ccccc2)=CCC1. The Hall–Kier alpha value is -2.46. The predicted molar refractivity (Wildman–Crippen MR) is 158 cm³/mol. The third-order valence-corrected chi connectivity index (χ3v) is 19.3. The fourth-order valence-corrected chi connectivity index (χ4v) is 19.2. The molecule has 0 bridgehead atoms. The number of rotatable bonds is 6. The van der Waals surface area contributed by atoms with Crippen LogP contribution in [0.15, 0.2) is 137 Å². The van der Waals surface area contributed by atoms with Crippen LogP contribution in [0.5, 0.6) is 0 Å². The molecule has 0 saturated heterocycles. The van der Waals surface area contributed by atoms with Crippen molar-refractivity contribution in [2.24, 2.45) is 0 Å². The van der Waals surface area contributed by atoms with Crippen molar-refractivity contribution < 1.29 is 13.0 Å². The zero-order valence-corrected chi connectivity index (χ0v) is 23.1. The fourth-order valence-electron chi connectivity index (χ4n) is 5.22. The van der Waals surface area contributed by atoms with E-state index in [1.165, 1.54) is 28.8 Å². The molecule has 0 fully saturated rings. The van der Waals surface area contributed by atoms with Crippen molar-refractivity contribution in [1.29, 1.82) is 0 Å². The summed E-state index contributed by atoms with van der Waals surface area (Å²) in [7, 11) is 0. The molecule has 2 heteroatoms. The van der Waals surface area contributed by atoms with Crippen molar-refractivity contribution in [2.75, 3.05) is 0 Å². The van der Waals surface area contributed by atoms with Crippen LogP contribution in [0.2, 0.25) is 0 Å². The molecule has 3 aromatic carbocycles. The van der Waals surface area contributed by atoms with Crippen molar-refractivity contribution >= 4 is 22.0 Å². The predicted octanol–water partition coefficient (Wildman–Crippen LogP) is 8.27. The molecule has 189 valence electrons. The Morgan fingerprint density at radius 3 is 1.17 bits per heavy atom. The third-order valence-electron chi connectivity index (χ3n) is 6.88. The van der Waals surface area contributed by atoms with Gasteiger partial charge in [-0.1, -0.05) is 0 Å².